The van der Waals surface area contributed by atoms with Gasteiger partial charge in [-0.1, -0.05) is 18.2 Å². The molecule has 0 saturated carbocycles. The molecular formula is C11H13NOS. The quantitative estimate of drug-likeness (QED) is 0.607. The van der Waals surface area contributed by atoms with Gasteiger partial charge in [0.25, 0.3) is 0 Å². The van der Waals surface area contributed by atoms with Crippen molar-refractivity contribution in [3.63, 3.8) is 0 Å². The van der Waals surface area contributed by atoms with Gasteiger partial charge in [0.15, 0.2) is 0 Å². The van der Waals surface area contributed by atoms with Crippen molar-refractivity contribution in [2.75, 3.05) is 11.1 Å². The number of para-hydroxylation sites is 1. The van der Waals surface area contributed by atoms with Crippen LogP contribution in [0, 0.1) is 0 Å². The van der Waals surface area contributed by atoms with Crippen molar-refractivity contribution in [3.8, 4) is 0 Å². The number of anilines is 1. The zero-order valence-electron chi connectivity index (χ0n) is 8.12. The molecule has 0 bridgehead atoms. The van der Waals surface area contributed by atoms with E-state index in [4.69, 9.17) is 0 Å². The Kier molecular flexibility index (Phi) is 4.26. The minimum atomic E-state index is -0.0448. The fourth-order valence-electron chi connectivity index (χ4n) is 1.03. The molecular weight excluding hydrogens is 194 g/mol. The molecule has 0 atom stereocenters. The molecule has 1 N–H and O–H groups in total. The van der Waals surface area contributed by atoms with E-state index in [1.54, 1.807) is 11.8 Å². The van der Waals surface area contributed by atoms with Crippen LogP contribution >= 0.6 is 11.8 Å². The van der Waals surface area contributed by atoms with Crippen LogP contribution < -0.4 is 5.32 Å². The highest BCUT2D eigenvalue weighted by Gasteiger charge is 2.01. The van der Waals surface area contributed by atoms with Gasteiger partial charge in [0.05, 0.1) is 5.69 Å². The van der Waals surface area contributed by atoms with Gasteiger partial charge in [-0.2, -0.15) is 0 Å². The van der Waals surface area contributed by atoms with E-state index in [1.165, 1.54) is 6.92 Å². The average Bonchev–Trinajstić information content (AvgIpc) is 2.16. The Morgan fingerprint density at radius 1 is 1.57 bits per heavy atom. The molecule has 74 valence electrons. The summed E-state index contributed by atoms with van der Waals surface area (Å²) in [5.41, 5.74) is 0.867. The number of rotatable bonds is 4. The smallest absolute Gasteiger partial charge is 0.221 e. The third kappa shape index (κ3) is 3.26. The van der Waals surface area contributed by atoms with Crippen molar-refractivity contribution >= 4 is 23.4 Å². The predicted molar refractivity (Wildman–Crippen MR) is 61.7 cm³/mol. The fourth-order valence-corrected chi connectivity index (χ4v) is 1.78. The number of carbonyl (C=O) groups is 1. The summed E-state index contributed by atoms with van der Waals surface area (Å²) in [5, 5.41) is 2.79. The van der Waals surface area contributed by atoms with Crippen LogP contribution in [-0.2, 0) is 4.79 Å². The first kappa shape index (κ1) is 10.9. The van der Waals surface area contributed by atoms with E-state index in [9.17, 15) is 4.79 Å². The van der Waals surface area contributed by atoms with Gasteiger partial charge in [-0.05, 0) is 12.1 Å². The third-order valence-corrected chi connectivity index (χ3v) is 2.62. The molecule has 0 heterocycles. The van der Waals surface area contributed by atoms with E-state index in [2.05, 4.69) is 11.9 Å². The number of nitrogens with one attached hydrogen (secondary N) is 1. The standard InChI is InChI=1S/C11H13NOS/c1-3-8-14-11-7-5-4-6-10(11)12-9(2)13/h3-7H,1,8H2,2H3,(H,12,13). The predicted octanol–water partition coefficient (Wildman–Crippen LogP) is 2.92. The van der Waals surface area contributed by atoms with Crippen molar-refractivity contribution in [1.29, 1.82) is 0 Å². The number of benzene rings is 1. The Morgan fingerprint density at radius 3 is 2.93 bits per heavy atom. The summed E-state index contributed by atoms with van der Waals surface area (Å²) in [4.78, 5) is 12.0. The number of carbonyl (C=O) groups excluding carboxylic acids is 1. The van der Waals surface area contributed by atoms with Crippen molar-refractivity contribution in [2.45, 2.75) is 11.8 Å². The Balaban J connectivity index is 2.79. The molecule has 1 amide bonds. The molecule has 0 saturated heterocycles. The molecule has 2 nitrogen and oxygen atoms in total. The van der Waals surface area contributed by atoms with Crippen molar-refractivity contribution in [3.05, 3.63) is 36.9 Å². The lowest BCUT2D eigenvalue weighted by Crippen LogP contribution is -2.06. The first-order chi connectivity index (χ1) is 6.74. The van der Waals surface area contributed by atoms with Crippen LogP contribution in [0.5, 0.6) is 0 Å². The summed E-state index contributed by atoms with van der Waals surface area (Å²) in [5.74, 6) is 0.799. The van der Waals surface area contributed by atoms with E-state index in [0.717, 1.165) is 16.3 Å². The maximum atomic E-state index is 10.9. The van der Waals surface area contributed by atoms with Gasteiger partial charge in [0.1, 0.15) is 0 Å². The Labute approximate surface area is 88.4 Å². The highest BCUT2D eigenvalue weighted by Crippen LogP contribution is 2.26. The molecule has 0 aliphatic rings. The summed E-state index contributed by atoms with van der Waals surface area (Å²) in [6.07, 6.45) is 1.84. The summed E-state index contributed by atoms with van der Waals surface area (Å²) in [7, 11) is 0. The van der Waals surface area contributed by atoms with Crippen LogP contribution in [0.4, 0.5) is 5.69 Å². The topological polar surface area (TPSA) is 29.1 Å². The maximum absolute atomic E-state index is 10.9. The minimum Gasteiger partial charge on any atom is -0.325 e. The van der Waals surface area contributed by atoms with Crippen molar-refractivity contribution in [2.24, 2.45) is 0 Å². The van der Waals surface area contributed by atoms with E-state index >= 15 is 0 Å². The molecule has 0 radical (unpaired) electrons. The molecule has 1 aromatic carbocycles. The van der Waals surface area contributed by atoms with Gasteiger partial charge >= 0.3 is 0 Å². The van der Waals surface area contributed by atoms with Crippen LogP contribution in [0.25, 0.3) is 0 Å². The zero-order valence-corrected chi connectivity index (χ0v) is 8.93. The van der Waals surface area contributed by atoms with Crippen LogP contribution in [0.3, 0.4) is 0 Å². The number of hydrogen-bond donors (Lipinski definition) is 1. The highest BCUT2D eigenvalue weighted by atomic mass is 32.2. The van der Waals surface area contributed by atoms with Gasteiger partial charge < -0.3 is 5.32 Å². The molecule has 0 spiro atoms. The Morgan fingerprint density at radius 2 is 2.29 bits per heavy atom. The van der Waals surface area contributed by atoms with Crippen LogP contribution in [-0.4, -0.2) is 11.7 Å². The van der Waals surface area contributed by atoms with Crippen LogP contribution in [0.15, 0.2) is 41.8 Å². The largest absolute Gasteiger partial charge is 0.325 e. The van der Waals surface area contributed by atoms with Crippen LogP contribution in [0.1, 0.15) is 6.92 Å². The van der Waals surface area contributed by atoms with E-state index in [0.29, 0.717) is 0 Å². The van der Waals surface area contributed by atoms with Crippen molar-refractivity contribution in [1.82, 2.24) is 0 Å². The lowest BCUT2D eigenvalue weighted by molar-refractivity contribution is -0.114. The van der Waals surface area contributed by atoms with Crippen molar-refractivity contribution < 1.29 is 4.79 Å². The number of amides is 1. The normalized spacial score (nSPS) is 9.50. The minimum absolute atomic E-state index is 0.0448. The van der Waals surface area contributed by atoms with Gasteiger partial charge in [-0.3, -0.25) is 4.79 Å². The van der Waals surface area contributed by atoms with E-state index < -0.39 is 0 Å². The monoisotopic (exact) mass is 207 g/mol. The highest BCUT2D eigenvalue weighted by molar-refractivity contribution is 7.99. The lowest BCUT2D eigenvalue weighted by Gasteiger charge is -2.07. The third-order valence-electron chi connectivity index (χ3n) is 1.55. The molecule has 3 heteroatoms. The lowest BCUT2D eigenvalue weighted by atomic mass is 10.3. The fraction of sp³-hybridized carbons (Fsp3) is 0.182. The Bertz CT molecular complexity index is 336. The molecule has 0 aromatic heterocycles. The van der Waals surface area contributed by atoms with Gasteiger partial charge in [0, 0.05) is 17.6 Å². The molecule has 0 aliphatic carbocycles. The second-order valence-electron chi connectivity index (χ2n) is 2.78. The molecule has 1 rings (SSSR count). The maximum Gasteiger partial charge on any atom is 0.221 e. The molecule has 1 aromatic rings. The summed E-state index contributed by atoms with van der Waals surface area (Å²) in [6, 6.07) is 7.74. The van der Waals surface area contributed by atoms with Gasteiger partial charge in [0.2, 0.25) is 5.91 Å². The molecule has 0 unspecified atom stereocenters. The van der Waals surface area contributed by atoms with Gasteiger partial charge in [-0.25, -0.2) is 0 Å². The second-order valence-corrected chi connectivity index (χ2v) is 3.84. The van der Waals surface area contributed by atoms with Crippen LogP contribution in [0.2, 0.25) is 0 Å². The Hall–Kier alpha value is -1.22. The number of thioether (sulfide) groups is 1. The molecule has 0 aliphatic heterocycles. The van der Waals surface area contributed by atoms with E-state index in [-0.39, 0.29) is 5.91 Å². The first-order valence-electron chi connectivity index (χ1n) is 4.34. The second kappa shape index (κ2) is 5.50. The summed E-state index contributed by atoms with van der Waals surface area (Å²) in [6.45, 7) is 5.17. The molecule has 0 fully saturated rings. The summed E-state index contributed by atoms with van der Waals surface area (Å²) < 4.78 is 0. The SMILES string of the molecule is C=CCSc1ccccc1NC(C)=O. The first-order valence-corrected chi connectivity index (χ1v) is 5.33. The zero-order chi connectivity index (χ0) is 10.4. The summed E-state index contributed by atoms with van der Waals surface area (Å²) >= 11 is 1.66. The molecule has 14 heavy (non-hydrogen) atoms. The average molecular weight is 207 g/mol. The van der Waals surface area contributed by atoms with Gasteiger partial charge in [-0.15, -0.1) is 18.3 Å². The van der Waals surface area contributed by atoms with E-state index in [1.807, 2.05) is 30.3 Å². The number of hydrogen-bond acceptors (Lipinski definition) is 2.